The van der Waals surface area contributed by atoms with Crippen LogP contribution in [0.4, 0.5) is 0 Å². The van der Waals surface area contributed by atoms with Crippen molar-refractivity contribution >= 4 is 19.0 Å². The molecule has 0 rings (SSSR count). The molecule has 0 amide bonds. The van der Waals surface area contributed by atoms with E-state index in [4.69, 9.17) is 5.16 Å². The third-order valence-corrected chi connectivity index (χ3v) is 0.822. The summed E-state index contributed by atoms with van der Waals surface area (Å²) in [5, 5.41) is 6.39. The highest BCUT2D eigenvalue weighted by atomic mass is 32.7. The molecule has 0 bridgehead atoms. The molecule has 0 aromatic heterocycles. The van der Waals surface area contributed by atoms with E-state index in [0.29, 0.717) is 7.57 Å². The SMILES string of the molecule is CSP=N. The van der Waals surface area contributed by atoms with Gasteiger partial charge in [-0.3, -0.25) is 5.16 Å². The molecule has 1 nitrogen and oxygen atoms in total. The van der Waals surface area contributed by atoms with E-state index in [-0.39, 0.29) is 0 Å². The largest absolute Gasteiger partial charge is 0.273 e. The lowest BCUT2D eigenvalue weighted by molar-refractivity contribution is 1.66. The maximum atomic E-state index is 6.39. The molecule has 0 saturated carbocycles. The second-order valence-corrected chi connectivity index (χ2v) is 2.46. The first-order chi connectivity index (χ1) is 1.91. The van der Waals surface area contributed by atoms with Gasteiger partial charge in [0.15, 0.2) is 0 Å². The summed E-state index contributed by atoms with van der Waals surface area (Å²) in [6.07, 6.45) is 1.90. The van der Waals surface area contributed by atoms with Crippen molar-refractivity contribution in [1.29, 1.82) is 5.16 Å². The third kappa shape index (κ3) is 2.45. The van der Waals surface area contributed by atoms with Crippen LogP contribution in [0.25, 0.3) is 0 Å². The highest BCUT2D eigenvalue weighted by molar-refractivity contribution is 8.45. The minimum atomic E-state index is 0.665. The monoisotopic (exact) mass is 93.0 g/mol. The first kappa shape index (κ1) is 4.45. The average Bonchev–Trinajstić information content (AvgIpc) is 1.37. The Morgan fingerprint density at radius 3 is 2.25 bits per heavy atom. The lowest BCUT2D eigenvalue weighted by Crippen LogP contribution is -1.11. The maximum absolute atomic E-state index is 6.39. The summed E-state index contributed by atoms with van der Waals surface area (Å²) in [6.45, 7) is 0. The van der Waals surface area contributed by atoms with Crippen molar-refractivity contribution in [3.63, 3.8) is 0 Å². The van der Waals surface area contributed by atoms with Crippen LogP contribution in [0.1, 0.15) is 0 Å². The van der Waals surface area contributed by atoms with Gasteiger partial charge in [0.1, 0.15) is 0 Å². The Kier molecular flexibility index (Phi) is 3.84. The third-order valence-electron chi connectivity index (χ3n) is 0.0913. The zero-order valence-corrected chi connectivity index (χ0v) is 4.07. The van der Waals surface area contributed by atoms with Gasteiger partial charge in [-0.1, -0.05) is 11.4 Å². The Balaban J connectivity index is 2.30. The minimum Gasteiger partial charge on any atom is -0.273 e. The van der Waals surface area contributed by atoms with E-state index in [0.717, 1.165) is 0 Å². The van der Waals surface area contributed by atoms with Gasteiger partial charge in [-0.2, -0.15) is 0 Å². The lowest BCUT2D eigenvalue weighted by atomic mass is 12.0. The summed E-state index contributed by atoms with van der Waals surface area (Å²) < 4.78 is 0. The van der Waals surface area contributed by atoms with E-state index in [1.165, 1.54) is 11.4 Å². The molecule has 24 valence electrons. The molecular formula is CH4NPS. The van der Waals surface area contributed by atoms with E-state index in [9.17, 15) is 0 Å². The molecule has 4 heavy (non-hydrogen) atoms. The topological polar surface area (TPSA) is 23.9 Å². The second kappa shape index (κ2) is 3.45. The molecule has 0 heterocycles. The molecule has 3 heteroatoms. The summed E-state index contributed by atoms with van der Waals surface area (Å²) in [5.41, 5.74) is 0. The number of nitrogens with one attached hydrogen (secondary N) is 1. The molecule has 0 radical (unpaired) electrons. The van der Waals surface area contributed by atoms with Crippen LogP contribution < -0.4 is 0 Å². The standard InChI is InChI=1S/CH4NPS/c1-4-3-2/h2H,1H3. The molecule has 0 aliphatic rings. The Morgan fingerprint density at radius 1 is 2.00 bits per heavy atom. The quantitative estimate of drug-likeness (QED) is 0.492. The fourth-order valence-electron chi connectivity index (χ4n) is 0. The zero-order chi connectivity index (χ0) is 3.41. The van der Waals surface area contributed by atoms with Gasteiger partial charge < -0.3 is 0 Å². The van der Waals surface area contributed by atoms with Gasteiger partial charge in [-0.05, 0) is 6.26 Å². The van der Waals surface area contributed by atoms with Crippen LogP contribution in [0.2, 0.25) is 0 Å². The summed E-state index contributed by atoms with van der Waals surface area (Å²) in [7, 11) is 0.665. The van der Waals surface area contributed by atoms with Crippen molar-refractivity contribution in [2.75, 3.05) is 6.26 Å². The number of rotatable bonds is 1. The second-order valence-electron chi connectivity index (χ2n) is 0.274. The van der Waals surface area contributed by atoms with Gasteiger partial charge in [0.25, 0.3) is 0 Å². The first-order valence-corrected chi connectivity index (χ1v) is 3.54. The summed E-state index contributed by atoms with van der Waals surface area (Å²) in [6, 6.07) is 0. The average molecular weight is 93.1 g/mol. The van der Waals surface area contributed by atoms with Crippen LogP contribution in [0.15, 0.2) is 0 Å². The molecule has 0 aromatic carbocycles. The Labute approximate surface area is 31.2 Å². The van der Waals surface area contributed by atoms with Gasteiger partial charge >= 0.3 is 0 Å². The van der Waals surface area contributed by atoms with Crippen molar-refractivity contribution in [3.8, 4) is 0 Å². The van der Waals surface area contributed by atoms with Crippen LogP contribution >= 0.6 is 19.0 Å². The molecule has 0 aliphatic carbocycles. The molecular weight excluding hydrogens is 89.1 g/mol. The first-order valence-electron chi connectivity index (χ1n) is 0.814. The van der Waals surface area contributed by atoms with Gasteiger partial charge in [0.05, 0.1) is 7.57 Å². The van der Waals surface area contributed by atoms with E-state index < -0.39 is 0 Å². The molecule has 0 spiro atoms. The molecule has 0 aliphatic heterocycles. The fraction of sp³-hybridized carbons (Fsp3) is 1.00. The van der Waals surface area contributed by atoms with Crippen LogP contribution in [-0.2, 0) is 0 Å². The van der Waals surface area contributed by atoms with Gasteiger partial charge in [0.2, 0.25) is 0 Å². The predicted octanol–water partition coefficient (Wildman–Crippen LogP) is 1.97. The number of hydrogen-bond acceptors (Lipinski definition) is 2. The molecule has 0 fully saturated rings. The normalized spacial score (nSPS) is 8.25. The molecule has 0 saturated heterocycles. The van der Waals surface area contributed by atoms with Gasteiger partial charge in [-0.15, -0.1) is 0 Å². The maximum Gasteiger partial charge on any atom is 0.0694 e. The van der Waals surface area contributed by atoms with Crippen molar-refractivity contribution < 1.29 is 0 Å². The Morgan fingerprint density at radius 2 is 2.25 bits per heavy atom. The van der Waals surface area contributed by atoms with Crippen LogP contribution in [0.3, 0.4) is 0 Å². The highest BCUT2D eigenvalue weighted by Gasteiger charge is 1.48. The van der Waals surface area contributed by atoms with E-state index in [1.54, 1.807) is 0 Å². The van der Waals surface area contributed by atoms with E-state index in [2.05, 4.69) is 0 Å². The molecule has 0 aromatic rings. The predicted molar refractivity (Wildman–Crippen MR) is 23.2 cm³/mol. The van der Waals surface area contributed by atoms with Crippen LogP contribution in [0, 0.1) is 5.16 Å². The molecule has 0 atom stereocenters. The van der Waals surface area contributed by atoms with Crippen molar-refractivity contribution in [2.45, 2.75) is 0 Å². The lowest BCUT2D eigenvalue weighted by Gasteiger charge is -1.55. The smallest absolute Gasteiger partial charge is 0.0694 e. The summed E-state index contributed by atoms with van der Waals surface area (Å²) in [4.78, 5) is 0. The van der Waals surface area contributed by atoms with E-state index >= 15 is 0 Å². The fourth-order valence-corrected chi connectivity index (χ4v) is 0. The minimum absolute atomic E-state index is 0.665. The summed E-state index contributed by atoms with van der Waals surface area (Å²) in [5.74, 6) is 0. The Hall–Kier alpha value is 0.450. The number of hydrogen-bond donors (Lipinski definition) is 1. The van der Waals surface area contributed by atoms with Crippen molar-refractivity contribution in [3.05, 3.63) is 0 Å². The highest BCUT2D eigenvalue weighted by Crippen LogP contribution is 2.10. The van der Waals surface area contributed by atoms with Crippen molar-refractivity contribution in [2.24, 2.45) is 0 Å². The van der Waals surface area contributed by atoms with Crippen molar-refractivity contribution in [1.82, 2.24) is 0 Å². The Bertz CT molecular complexity index is 22.0. The molecule has 0 unspecified atom stereocenters. The van der Waals surface area contributed by atoms with Crippen LogP contribution in [-0.4, -0.2) is 6.26 Å². The van der Waals surface area contributed by atoms with E-state index in [1.807, 2.05) is 6.26 Å². The zero-order valence-electron chi connectivity index (χ0n) is 2.36. The molecule has 1 N–H and O–H groups in total. The summed E-state index contributed by atoms with van der Waals surface area (Å²) >= 11 is 1.50. The van der Waals surface area contributed by atoms with Crippen LogP contribution in [0.5, 0.6) is 0 Å². The van der Waals surface area contributed by atoms with Gasteiger partial charge in [-0.25, -0.2) is 0 Å². The van der Waals surface area contributed by atoms with Gasteiger partial charge in [0, 0.05) is 0 Å².